The Bertz CT molecular complexity index is 611. The van der Waals surface area contributed by atoms with Gasteiger partial charge in [0, 0.05) is 18.8 Å². The molecule has 0 aliphatic rings. The van der Waals surface area contributed by atoms with Crippen molar-refractivity contribution in [2.75, 3.05) is 0 Å². The molecule has 0 fully saturated rings. The molecule has 0 aliphatic heterocycles. The van der Waals surface area contributed by atoms with Crippen LogP contribution in [-0.2, 0) is 12.7 Å². The molecule has 0 saturated heterocycles. The number of halogens is 4. The number of pyridine rings is 1. The minimum atomic E-state index is -4.35. The van der Waals surface area contributed by atoms with Crippen LogP contribution in [0.25, 0.3) is 0 Å². The zero-order chi connectivity index (χ0) is 15.5. The van der Waals surface area contributed by atoms with Crippen LogP contribution in [0, 0.1) is 5.82 Å². The van der Waals surface area contributed by atoms with E-state index in [1.54, 1.807) is 13.0 Å². The molecule has 6 heteroatoms. The summed E-state index contributed by atoms with van der Waals surface area (Å²) < 4.78 is 50.9. The first-order valence-corrected chi connectivity index (χ1v) is 6.36. The van der Waals surface area contributed by atoms with Crippen molar-refractivity contribution in [2.45, 2.75) is 25.7 Å². The average Bonchev–Trinajstić information content (AvgIpc) is 2.44. The molecular formula is C15H14F4N2. The van der Waals surface area contributed by atoms with Gasteiger partial charge in [-0.25, -0.2) is 4.39 Å². The van der Waals surface area contributed by atoms with E-state index in [-0.39, 0.29) is 12.6 Å². The van der Waals surface area contributed by atoms with Crippen molar-refractivity contribution >= 4 is 0 Å². The lowest BCUT2D eigenvalue weighted by atomic mass is 10.1. The Kier molecular flexibility index (Phi) is 4.57. The number of nitrogens with zero attached hydrogens (tertiary/aromatic N) is 1. The molecule has 0 bridgehead atoms. The standard InChI is InChI=1S/C15H14F4N2/c1-10(12-6-14(16)9-20-8-12)21-7-11-3-2-4-13(5-11)15(17,18)19/h2-6,8-10,21H,7H2,1H3. The number of aromatic nitrogens is 1. The van der Waals surface area contributed by atoms with Gasteiger partial charge in [-0.2, -0.15) is 13.2 Å². The summed E-state index contributed by atoms with van der Waals surface area (Å²) in [6.45, 7) is 2.05. The molecule has 112 valence electrons. The second-order valence-electron chi connectivity index (χ2n) is 4.74. The number of nitrogens with one attached hydrogen (secondary N) is 1. The Morgan fingerprint density at radius 2 is 1.95 bits per heavy atom. The van der Waals surface area contributed by atoms with E-state index in [1.165, 1.54) is 18.3 Å². The first-order chi connectivity index (χ1) is 9.86. The van der Waals surface area contributed by atoms with Gasteiger partial charge in [-0.1, -0.05) is 18.2 Å². The molecule has 2 rings (SSSR count). The third kappa shape index (κ3) is 4.26. The lowest BCUT2D eigenvalue weighted by molar-refractivity contribution is -0.137. The minimum Gasteiger partial charge on any atom is -0.306 e. The Balaban J connectivity index is 2.03. The molecule has 2 nitrogen and oxygen atoms in total. The van der Waals surface area contributed by atoms with Crippen molar-refractivity contribution < 1.29 is 17.6 Å². The fourth-order valence-electron chi connectivity index (χ4n) is 1.91. The average molecular weight is 298 g/mol. The van der Waals surface area contributed by atoms with Crippen molar-refractivity contribution in [1.29, 1.82) is 0 Å². The van der Waals surface area contributed by atoms with E-state index >= 15 is 0 Å². The highest BCUT2D eigenvalue weighted by Crippen LogP contribution is 2.29. The van der Waals surface area contributed by atoms with Crippen LogP contribution in [0.4, 0.5) is 17.6 Å². The normalized spacial score (nSPS) is 13.2. The van der Waals surface area contributed by atoms with Crippen LogP contribution in [0.2, 0.25) is 0 Å². The zero-order valence-electron chi connectivity index (χ0n) is 11.3. The summed E-state index contributed by atoms with van der Waals surface area (Å²) in [6.07, 6.45) is -1.73. The molecule has 1 aromatic heterocycles. The molecule has 1 unspecified atom stereocenters. The maximum atomic E-state index is 13.1. The highest BCUT2D eigenvalue weighted by atomic mass is 19.4. The fraction of sp³-hybridized carbons (Fsp3) is 0.267. The van der Waals surface area contributed by atoms with Gasteiger partial charge in [-0.15, -0.1) is 0 Å². The molecule has 0 aliphatic carbocycles. The van der Waals surface area contributed by atoms with E-state index in [9.17, 15) is 17.6 Å². The minimum absolute atomic E-state index is 0.220. The number of hydrogen-bond acceptors (Lipinski definition) is 2. The van der Waals surface area contributed by atoms with Gasteiger partial charge >= 0.3 is 6.18 Å². The molecule has 1 aromatic carbocycles. The first kappa shape index (κ1) is 15.4. The molecule has 2 aromatic rings. The van der Waals surface area contributed by atoms with E-state index in [1.807, 2.05) is 0 Å². The van der Waals surface area contributed by atoms with Gasteiger partial charge in [0.25, 0.3) is 0 Å². The van der Waals surface area contributed by atoms with Gasteiger partial charge in [0.2, 0.25) is 0 Å². The van der Waals surface area contributed by atoms with Crippen molar-refractivity contribution in [1.82, 2.24) is 10.3 Å². The van der Waals surface area contributed by atoms with Gasteiger partial charge in [0.1, 0.15) is 5.82 Å². The maximum absolute atomic E-state index is 13.1. The predicted octanol–water partition coefficient (Wildman–Crippen LogP) is 4.09. The maximum Gasteiger partial charge on any atom is 0.416 e. The van der Waals surface area contributed by atoms with Crippen LogP contribution in [0.5, 0.6) is 0 Å². The second-order valence-corrected chi connectivity index (χ2v) is 4.74. The van der Waals surface area contributed by atoms with Gasteiger partial charge in [-0.05, 0) is 30.2 Å². The number of alkyl halides is 3. The third-order valence-electron chi connectivity index (χ3n) is 3.09. The summed E-state index contributed by atoms with van der Waals surface area (Å²) in [5, 5.41) is 3.05. The SMILES string of the molecule is CC(NCc1cccc(C(F)(F)F)c1)c1cncc(F)c1. The van der Waals surface area contributed by atoms with Crippen LogP contribution in [0.1, 0.15) is 29.7 Å². The summed E-state index contributed by atoms with van der Waals surface area (Å²) in [4.78, 5) is 3.74. The van der Waals surface area contributed by atoms with Gasteiger partial charge < -0.3 is 5.32 Å². The Morgan fingerprint density at radius 1 is 1.19 bits per heavy atom. The Labute approximate surface area is 119 Å². The summed E-state index contributed by atoms with van der Waals surface area (Å²) in [6, 6.07) is 6.24. The fourth-order valence-corrected chi connectivity index (χ4v) is 1.91. The monoisotopic (exact) mass is 298 g/mol. The molecule has 0 radical (unpaired) electrons. The molecule has 0 saturated carbocycles. The van der Waals surface area contributed by atoms with Crippen LogP contribution in [-0.4, -0.2) is 4.98 Å². The summed E-state index contributed by atoms with van der Waals surface area (Å²) in [5.41, 5.74) is 0.477. The first-order valence-electron chi connectivity index (χ1n) is 6.36. The van der Waals surface area contributed by atoms with Crippen LogP contribution < -0.4 is 5.32 Å². The van der Waals surface area contributed by atoms with Crippen LogP contribution >= 0.6 is 0 Å². The topological polar surface area (TPSA) is 24.9 Å². The Hall–Kier alpha value is -1.95. The zero-order valence-corrected chi connectivity index (χ0v) is 11.3. The summed E-state index contributed by atoms with van der Waals surface area (Å²) >= 11 is 0. The van der Waals surface area contributed by atoms with Crippen molar-refractivity contribution in [2.24, 2.45) is 0 Å². The van der Waals surface area contributed by atoms with E-state index in [2.05, 4.69) is 10.3 Å². The predicted molar refractivity (Wildman–Crippen MR) is 70.9 cm³/mol. The highest BCUT2D eigenvalue weighted by Gasteiger charge is 2.30. The molecule has 1 N–H and O–H groups in total. The van der Waals surface area contributed by atoms with Gasteiger partial charge in [-0.3, -0.25) is 4.98 Å². The van der Waals surface area contributed by atoms with Crippen LogP contribution in [0.15, 0.2) is 42.7 Å². The van der Waals surface area contributed by atoms with Gasteiger partial charge in [0.05, 0.1) is 11.8 Å². The van der Waals surface area contributed by atoms with Gasteiger partial charge in [0.15, 0.2) is 0 Å². The summed E-state index contributed by atoms with van der Waals surface area (Å²) in [5.74, 6) is -0.444. The van der Waals surface area contributed by atoms with E-state index in [4.69, 9.17) is 0 Å². The summed E-state index contributed by atoms with van der Waals surface area (Å²) in [7, 11) is 0. The molecular weight excluding hydrogens is 284 g/mol. The smallest absolute Gasteiger partial charge is 0.306 e. The molecule has 1 atom stereocenters. The second kappa shape index (κ2) is 6.22. The van der Waals surface area contributed by atoms with E-state index in [0.717, 1.165) is 18.3 Å². The molecule has 0 amide bonds. The lowest BCUT2D eigenvalue weighted by Gasteiger charge is -2.15. The highest BCUT2D eigenvalue weighted by molar-refractivity contribution is 5.26. The Morgan fingerprint density at radius 3 is 2.62 bits per heavy atom. The van der Waals surface area contributed by atoms with Crippen LogP contribution in [0.3, 0.4) is 0 Å². The number of benzene rings is 1. The molecule has 21 heavy (non-hydrogen) atoms. The molecule has 1 heterocycles. The largest absolute Gasteiger partial charge is 0.416 e. The van der Waals surface area contributed by atoms with Crippen molar-refractivity contribution in [3.63, 3.8) is 0 Å². The number of hydrogen-bond donors (Lipinski definition) is 1. The third-order valence-corrected chi connectivity index (χ3v) is 3.09. The van der Waals surface area contributed by atoms with Crippen molar-refractivity contribution in [3.05, 3.63) is 65.2 Å². The van der Waals surface area contributed by atoms with E-state index < -0.39 is 17.6 Å². The number of rotatable bonds is 4. The molecule has 0 spiro atoms. The lowest BCUT2D eigenvalue weighted by Crippen LogP contribution is -2.18. The van der Waals surface area contributed by atoms with Crippen molar-refractivity contribution in [3.8, 4) is 0 Å². The van der Waals surface area contributed by atoms with E-state index in [0.29, 0.717) is 11.1 Å². The quantitative estimate of drug-likeness (QED) is 0.860.